The Balaban J connectivity index is 0.00000180. The quantitative estimate of drug-likeness (QED) is 0.550. The molecule has 1 aliphatic heterocycles. The van der Waals surface area contributed by atoms with Gasteiger partial charge < -0.3 is 19.4 Å². The maximum Gasteiger partial charge on any atom is 1.00 e. The van der Waals surface area contributed by atoms with Gasteiger partial charge in [0.15, 0.2) is 11.5 Å². The Labute approximate surface area is 137 Å². The van der Waals surface area contributed by atoms with Crippen LogP contribution in [0.4, 0.5) is 0 Å². The largest absolute Gasteiger partial charge is 1.00 e. The van der Waals surface area contributed by atoms with Crippen molar-refractivity contribution in [2.75, 3.05) is 12.5 Å². The van der Waals surface area contributed by atoms with E-state index in [0.717, 1.165) is 23.1 Å². The van der Waals surface area contributed by atoms with Crippen LogP contribution in [0.1, 0.15) is 5.56 Å². The number of aliphatic carboxylic acids is 1. The molecule has 0 spiro atoms. The molecule has 0 saturated heterocycles. The number of rotatable bonds is 5. The minimum absolute atomic E-state index is 0. The van der Waals surface area contributed by atoms with Crippen LogP contribution < -0.4 is 44.1 Å². The zero-order valence-electron chi connectivity index (χ0n) is 10.4. The van der Waals surface area contributed by atoms with Crippen LogP contribution in [0.3, 0.4) is 0 Å². The van der Waals surface area contributed by atoms with Gasteiger partial charge in [0.2, 0.25) is 6.79 Å². The summed E-state index contributed by atoms with van der Waals surface area (Å²) in [5.41, 5.74) is 1.02. The topological polar surface area (TPSA) is 82.4 Å². The second-order valence-electron chi connectivity index (χ2n) is 3.64. The monoisotopic (exact) mass is 287 g/mol. The first-order valence-electron chi connectivity index (χ1n) is 5.31. The molecule has 1 atom stereocenters. The van der Waals surface area contributed by atoms with Gasteiger partial charge in [-0.1, -0.05) is 6.07 Å². The molecule has 0 amide bonds. The van der Waals surface area contributed by atoms with Crippen LogP contribution >= 0.6 is 11.8 Å². The molecule has 19 heavy (non-hydrogen) atoms. The molecule has 0 N–H and O–H groups in total. The van der Waals surface area contributed by atoms with Crippen molar-refractivity contribution in [2.24, 2.45) is 0 Å². The molecule has 0 aromatic heterocycles. The first kappa shape index (κ1) is 16.2. The number of fused-ring (bicyclic) bond motifs is 1. The molecular weight excluding hydrogens is 277 g/mol. The van der Waals surface area contributed by atoms with E-state index >= 15 is 0 Å². The summed E-state index contributed by atoms with van der Waals surface area (Å²) in [6.45, 7) is 0.231. The standard InChI is InChI=1S/C12H11NO4S.Na/c13-6-11(12(14)15)18-4-3-8-1-2-9-10(5-8)17-7-16-9;/h1-2,5,11H,3-4,7H2,(H,14,15);/q;+1/p-1. The fraction of sp³-hybridized carbons (Fsp3) is 0.333. The van der Waals surface area contributed by atoms with E-state index in [2.05, 4.69) is 0 Å². The minimum atomic E-state index is -1.34. The summed E-state index contributed by atoms with van der Waals surface area (Å²) in [7, 11) is 0. The van der Waals surface area contributed by atoms with Gasteiger partial charge in [0.1, 0.15) is 5.25 Å². The van der Waals surface area contributed by atoms with Crippen LogP contribution in [-0.2, 0) is 11.2 Å². The Kier molecular flexibility index (Phi) is 6.52. The van der Waals surface area contributed by atoms with Crippen molar-refractivity contribution in [3.63, 3.8) is 0 Å². The van der Waals surface area contributed by atoms with Gasteiger partial charge in [0.05, 0.1) is 12.0 Å². The van der Waals surface area contributed by atoms with Crippen molar-refractivity contribution in [1.29, 1.82) is 5.26 Å². The smallest absolute Gasteiger partial charge is 0.548 e. The van der Waals surface area contributed by atoms with Crippen molar-refractivity contribution in [2.45, 2.75) is 11.7 Å². The average Bonchev–Trinajstić information content (AvgIpc) is 2.81. The third kappa shape index (κ3) is 4.32. The summed E-state index contributed by atoms with van der Waals surface area (Å²) >= 11 is 1.06. The zero-order chi connectivity index (χ0) is 13.0. The van der Waals surface area contributed by atoms with E-state index in [9.17, 15) is 9.90 Å². The fourth-order valence-corrected chi connectivity index (χ4v) is 2.35. The van der Waals surface area contributed by atoms with Crippen LogP contribution in [0, 0.1) is 11.3 Å². The number of thioether (sulfide) groups is 1. The Bertz CT molecular complexity index is 503. The van der Waals surface area contributed by atoms with Crippen molar-refractivity contribution in [3.05, 3.63) is 23.8 Å². The van der Waals surface area contributed by atoms with E-state index in [0.29, 0.717) is 17.9 Å². The van der Waals surface area contributed by atoms with Crippen molar-refractivity contribution in [1.82, 2.24) is 0 Å². The summed E-state index contributed by atoms with van der Waals surface area (Å²) in [5, 5.41) is 18.0. The van der Waals surface area contributed by atoms with Crippen LogP contribution in [-0.4, -0.2) is 23.8 Å². The maximum atomic E-state index is 10.5. The molecule has 7 heteroatoms. The van der Waals surface area contributed by atoms with Crippen LogP contribution in [0.25, 0.3) is 0 Å². The van der Waals surface area contributed by atoms with Gasteiger partial charge in [0.25, 0.3) is 0 Å². The van der Waals surface area contributed by atoms with Crippen LogP contribution in [0.15, 0.2) is 18.2 Å². The SMILES string of the molecule is N#CC(SCCc1ccc2c(c1)OCO2)C(=O)[O-].[Na+]. The molecule has 0 bridgehead atoms. The number of hydrogen-bond acceptors (Lipinski definition) is 6. The molecule has 5 nitrogen and oxygen atoms in total. The number of carboxylic acids is 1. The summed E-state index contributed by atoms with van der Waals surface area (Å²) in [6, 6.07) is 7.27. The molecule has 0 radical (unpaired) electrons. The molecule has 2 rings (SSSR count). The number of benzene rings is 1. The van der Waals surface area contributed by atoms with Gasteiger partial charge in [-0.2, -0.15) is 5.26 Å². The molecule has 1 heterocycles. The maximum absolute atomic E-state index is 10.5. The number of nitrogens with zero attached hydrogens (tertiary/aromatic N) is 1. The third-order valence-electron chi connectivity index (χ3n) is 2.44. The summed E-state index contributed by atoms with van der Waals surface area (Å²) in [4.78, 5) is 10.5. The zero-order valence-corrected chi connectivity index (χ0v) is 13.2. The van der Waals surface area contributed by atoms with Crippen molar-refractivity contribution < 1.29 is 48.9 Å². The molecule has 1 aromatic rings. The normalized spacial score (nSPS) is 13.2. The molecule has 1 unspecified atom stereocenters. The molecular formula is C12H10NNaO4S. The summed E-state index contributed by atoms with van der Waals surface area (Å²) in [5.74, 6) is 0.615. The second kappa shape index (κ2) is 7.65. The predicted molar refractivity (Wildman–Crippen MR) is 63.1 cm³/mol. The van der Waals surface area contributed by atoms with Crippen LogP contribution in [0.2, 0.25) is 0 Å². The molecule has 0 saturated carbocycles. The summed E-state index contributed by atoms with van der Waals surface area (Å²) < 4.78 is 10.4. The molecule has 0 fully saturated rings. The van der Waals surface area contributed by atoms with Crippen molar-refractivity contribution in [3.8, 4) is 17.6 Å². The second-order valence-corrected chi connectivity index (χ2v) is 4.85. The fourth-order valence-electron chi connectivity index (χ4n) is 1.55. The van der Waals surface area contributed by atoms with Gasteiger partial charge in [-0.3, -0.25) is 0 Å². The molecule has 94 valence electrons. The van der Waals surface area contributed by atoms with E-state index < -0.39 is 11.2 Å². The number of carboxylic acid groups (broad SMARTS) is 1. The van der Waals surface area contributed by atoms with E-state index in [4.69, 9.17) is 14.7 Å². The number of aryl methyl sites for hydroxylation is 1. The van der Waals surface area contributed by atoms with E-state index in [-0.39, 0.29) is 36.4 Å². The number of ether oxygens (including phenoxy) is 2. The Morgan fingerprint density at radius 1 is 1.47 bits per heavy atom. The number of carbonyl (C=O) groups is 1. The van der Waals surface area contributed by atoms with Crippen LogP contribution in [0.5, 0.6) is 11.5 Å². The van der Waals surface area contributed by atoms with E-state index in [1.54, 1.807) is 6.07 Å². The van der Waals surface area contributed by atoms with Gasteiger partial charge in [-0.05, 0) is 29.9 Å². The number of nitriles is 1. The third-order valence-corrected chi connectivity index (χ3v) is 3.51. The first-order valence-corrected chi connectivity index (χ1v) is 6.36. The van der Waals surface area contributed by atoms with Gasteiger partial charge in [-0.25, -0.2) is 0 Å². The van der Waals surface area contributed by atoms with Gasteiger partial charge >= 0.3 is 29.6 Å². The van der Waals surface area contributed by atoms with Crippen molar-refractivity contribution >= 4 is 17.7 Å². The average molecular weight is 287 g/mol. The van der Waals surface area contributed by atoms with E-state index in [1.807, 2.05) is 18.2 Å². The predicted octanol–water partition coefficient (Wildman–Crippen LogP) is -2.66. The number of hydrogen-bond donors (Lipinski definition) is 0. The molecule has 1 aromatic carbocycles. The minimum Gasteiger partial charge on any atom is -0.548 e. The van der Waals surface area contributed by atoms with Gasteiger partial charge in [0, 0.05) is 0 Å². The van der Waals surface area contributed by atoms with E-state index in [1.165, 1.54) is 0 Å². The number of carbonyl (C=O) groups excluding carboxylic acids is 1. The Hall–Kier alpha value is -0.870. The first-order chi connectivity index (χ1) is 8.70. The molecule has 1 aliphatic rings. The van der Waals surface area contributed by atoms with Gasteiger partial charge in [-0.15, -0.1) is 11.8 Å². The summed E-state index contributed by atoms with van der Waals surface area (Å²) in [6.07, 6.45) is 0.659. The molecule has 0 aliphatic carbocycles. The Morgan fingerprint density at radius 2 is 2.21 bits per heavy atom. The Morgan fingerprint density at radius 3 is 2.89 bits per heavy atom.